The largest absolute Gasteiger partial charge is 0.309 e. The van der Waals surface area contributed by atoms with E-state index in [0.29, 0.717) is 0 Å². The number of nitrogens with zero attached hydrogens (tertiary/aromatic N) is 2. The van der Waals surface area contributed by atoms with Gasteiger partial charge < -0.3 is 10.2 Å². The third-order valence-corrected chi connectivity index (χ3v) is 3.84. The number of aromatic nitrogens is 1. The summed E-state index contributed by atoms with van der Waals surface area (Å²) in [4.78, 5) is 6.82. The zero-order chi connectivity index (χ0) is 14.4. The van der Waals surface area contributed by atoms with Crippen LogP contribution in [0.25, 0.3) is 0 Å². The smallest absolute Gasteiger partial charge is 0.141 e. The van der Waals surface area contributed by atoms with Gasteiger partial charge in [-0.05, 0) is 50.9 Å². The van der Waals surface area contributed by atoms with Gasteiger partial charge in [-0.2, -0.15) is 0 Å². The van der Waals surface area contributed by atoms with E-state index in [9.17, 15) is 4.39 Å². The molecule has 1 fully saturated rings. The van der Waals surface area contributed by atoms with E-state index in [1.54, 1.807) is 6.07 Å². The first-order valence-electron chi connectivity index (χ1n) is 7.83. The molecule has 1 aromatic rings. The molecule has 0 spiro atoms. The molecular formula is C16H26FN3. The topological polar surface area (TPSA) is 28.2 Å². The highest BCUT2D eigenvalue weighted by Crippen LogP contribution is 2.28. The van der Waals surface area contributed by atoms with Crippen molar-refractivity contribution < 1.29 is 4.39 Å². The Morgan fingerprint density at radius 2 is 2.15 bits per heavy atom. The van der Waals surface area contributed by atoms with Gasteiger partial charge >= 0.3 is 0 Å². The second-order valence-corrected chi connectivity index (χ2v) is 5.57. The SMILES string of the molecule is CCCN(CCC(NCC)c1ccc(F)cn1)C1CC1. The second-order valence-electron chi connectivity index (χ2n) is 5.57. The van der Waals surface area contributed by atoms with E-state index in [-0.39, 0.29) is 11.9 Å². The minimum Gasteiger partial charge on any atom is -0.309 e. The maximum Gasteiger partial charge on any atom is 0.141 e. The highest BCUT2D eigenvalue weighted by Gasteiger charge is 2.28. The average Bonchev–Trinajstić information content (AvgIpc) is 3.27. The Hall–Kier alpha value is -1.00. The summed E-state index contributed by atoms with van der Waals surface area (Å²) in [6, 6.07) is 4.32. The molecule has 1 saturated carbocycles. The average molecular weight is 279 g/mol. The first kappa shape index (κ1) is 15.4. The van der Waals surface area contributed by atoms with Crippen LogP contribution in [0, 0.1) is 5.82 Å². The lowest BCUT2D eigenvalue weighted by Gasteiger charge is -2.25. The van der Waals surface area contributed by atoms with Crippen molar-refractivity contribution in [3.8, 4) is 0 Å². The van der Waals surface area contributed by atoms with Crippen molar-refractivity contribution >= 4 is 0 Å². The van der Waals surface area contributed by atoms with Gasteiger partial charge in [0.2, 0.25) is 0 Å². The first-order valence-corrected chi connectivity index (χ1v) is 7.83. The van der Waals surface area contributed by atoms with Crippen LogP contribution in [0.2, 0.25) is 0 Å². The molecule has 0 radical (unpaired) electrons. The molecule has 0 saturated heterocycles. The molecule has 1 N–H and O–H groups in total. The second kappa shape index (κ2) is 7.70. The number of rotatable bonds is 9. The molecule has 1 atom stereocenters. The van der Waals surface area contributed by atoms with Crippen LogP contribution in [-0.4, -0.2) is 35.6 Å². The van der Waals surface area contributed by atoms with Gasteiger partial charge in [-0.3, -0.25) is 4.98 Å². The Labute approximate surface area is 121 Å². The first-order chi connectivity index (χ1) is 9.74. The summed E-state index contributed by atoms with van der Waals surface area (Å²) in [5, 5.41) is 3.46. The summed E-state index contributed by atoms with van der Waals surface area (Å²) in [5.74, 6) is -0.269. The maximum atomic E-state index is 13.0. The van der Waals surface area contributed by atoms with Crippen LogP contribution >= 0.6 is 0 Å². The molecule has 0 bridgehead atoms. The summed E-state index contributed by atoms with van der Waals surface area (Å²) < 4.78 is 13.0. The lowest BCUT2D eigenvalue weighted by molar-refractivity contribution is 0.247. The number of hydrogen-bond donors (Lipinski definition) is 1. The molecule has 1 heterocycles. The van der Waals surface area contributed by atoms with Gasteiger partial charge in [-0.25, -0.2) is 4.39 Å². The number of hydrogen-bond acceptors (Lipinski definition) is 3. The molecule has 0 aromatic carbocycles. The van der Waals surface area contributed by atoms with Gasteiger partial charge in [0.15, 0.2) is 0 Å². The van der Waals surface area contributed by atoms with Gasteiger partial charge in [-0.1, -0.05) is 13.8 Å². The molecule has 0 amide bonds. The quantitative estimate of drug-likeness (QED) is 0.752. The molecule has 112 valence electrons. The Bertz CT molecular complexity index is 389. The maximum absolute atomic E-state index is 13.0. The lowest BCUT2D eigenvalue weighted by Crippen LogP contribution is -2.32. The van der Waals surface area contributed by atoms with Crippen LogP contribution in [0.4, 0.5) is 4.39 Å². The Morgan fingerprint density at radius 3 is 2.70 bits per heavy atom. The van der Waals surface area contributed by atoms with Crippen LogP contribution in [-0.2, 0) is 0 Å². The van der Waals surface area contributed by atoms with E-state index in [2.05, 4.69) is 29.0 Å². The van der Waals surface area contributed by atoms with E-state index in [0.717, 1.165) is 31.2 Å². The molecule has 1 aliphatic carbocycles. The third-order valence-electron chi connectivity index (χ3n) is 3.84. The Morgan fingerprint density at radius 1 is 1.35 bits per heavy atom. The van der Waals surface area contributed by atoms with Crippen LogP contribution in [0.1, 0.15) is 51.3 Å². The van der Waals surface area contributed by atoms with E-state index in [1.807, 2.05) is 0 Å². The molecule has 1 unspecified atom stereocenters. The molecule has 4 heteroatoms. The molecule has 1 aliphatic rings. The molecular weight excluding hydrogens is 253 g/mol. The van der Waals surface area contributed by atoms with Gasteiger partial charge in [-0.15, -0.1) is 0 Å². The summed E-state index contributed by atoms with van der Waals surface area (Å²) in [7, 11) is 0. The molecule has 2 rings (SSSR count). The third kappa shape index (κ3) is 4.53. The van der Waals surface area contributed by atoms with E-state index in [1.165, 1.54) is 38.1 Å². The van der Waals surface area contributed by atoms with Gasteiger partial charge in [0, 0.05) is 12.6 Å². The lowest BCUT2D eigenvalue weighted by atomic mass is 10.1. The fourth-order valence-electron chi connectivity index (χ4n) is 2.69. The standard InChI is InChI=1S/C16H26FN3/c1-3-10-20(14-6-7-14)11-9-16(18-4-2)15-8-5-13(17)12-19-15/h5,8,12,14,16,18H,3-4,6-7,9-11H2,1-2H3. The summed E-state index contributed by atoms with van der Waals surface area (Å²) >= 11 is 0. The normalized spacial score (nSPS) is 16.6. The predicted octanol–water partition coefficient (Wildman–Crippen LogP) is 3.14. The van der Waals surface area contributed by atoms with Gasteiger partial charge in [0.05, 0.1) is 17.9 Å². The fourth-order valence-corrected chi connectivity index (χ4v) is 2.69. The fraction of sp³-hybridized carbons (Fsp3) is 0.688. The molecule has 3 nitrogen and oxygen atoms in total. The van der Waals surface area contributed by atoms with Crippen LogP contribution in [0.5, 0.6) is 0 Å². The molecule has 1 aromatic heterocycles. The zero-order valence-electron chi connectivity index (χ0n) is 12.6. The van der Waals surface area contributed by atoms with Crippen LogP contribution in [0.15, 0.2) is 18.3 Å². The van der Waals surface area contributed by atoms with E-state index in [4.69, 9.17) is 0 Å². The Kier molecular flexibility index (Phi) is 5.92. The molecule has 20 heavy (non-hydrogen) atoms. The van der Waals surface area contributed by atoms with Crippen LogP contribution in [0.3, 0.4) is 0 Å². The highest BCUT2D eigenvalue weighted by molar-refractivity contribution is 5.10. The minimum absolute atomic E-state index is 0.221. The van der Waals surface area contributed by atoms with E-state index >= 15 is 0 Å². The summed E-state index contributed by atoms with van der Waals surface area (Å²) in [6.45, 7) is 7.51. The number of halogens is 1. The summed E-state index contributed by atoms with van der Waals surface area (Å²) in [6.07, 6.45) is 6.24. The van der Waals surface area contributed by atoms with Crippen molar-refractivity contribution in [3.05, 3.63) is 29.8 Å². The van der Waals surface area contributed by atoms with Gasteiger partial charge in [0.25, 0.3) is 0 Å². The van der Waals surface area contributed by atoms with Crippen molar-refractivity contribution in [2.45, 2.75) is 51.6 Å². The van der Waals surface area contributed by atoms with Gasteiger partial charge in [0.1, 0.15) is 5.82 Å². The van der Waals surface area contributed by atoms with Crippen LogP contribution < -0.4 is 5.32 Å². The monoisotopic (exact) mass is 279 g/mol. The zero-order valence-corrected chi connectivity index (χ0v) is 12.6. The van der Waals surface area contributed by atoms with E-state index < -0.39 is 0 Å². The van der Waals surface area contributed by atoms with Crippen molar-refractivity contribution in [1.82, 2.24) is 15.2 Å². The number of pyridine rings is 1. The molecule has 0 aliphatic heterocycles. The summed E-state index contributed by atoms with van der Waals surface area (Å²) in [5.41, 5.74) is 0.945. The predicted molar refractivity (Wildman–Crippen MR) is 80.1 cm³/mol. The minimum atomic E-state index is -0.269. The Balaban J connectivity index is 1.92. The van der Waals surface area contributed by atoms with Crippen molar-refractivity contribution in [3.63, 3.8) is 0 Å². The highest BCUT2D eigenvalue weighted by atomic mass is 19.1. The van der Waals surface area contributed by atoms with Crippen molar-refractivity contribution in [2.75, 3.05) is 19.6 Å². The van der Waals surface area contributed by atoms with Crippen molar-refractivity contribution in [2.24, 2.45) is 0 Å². The van der Waals surface area contributed by atoms with Crippen molar-refractivity contribution in [1.29, 1.82) is 0 Å². The number of nitrogens with one attached hydrogen (secondary N) is 1.